The molecule has 1 rings (SSSR count). The maximum absolute atomic E-state index is 12.9. The Morgan fingerprint density at radius 1 is 0.541 bits per heavy atom. The van der Waals surface area contributed by atoms with Crippen LogP contribution in [0.1, 0.15) is 219 Å². The summed E-state index contributed by atoms with van der Waals surface area (Å²) in [6.45, 7) is 3.68. The average Bonchev–Trinajstić information content (AvgIpc) is 3.26. The Kier molecular flexibility index (Phi) is 39.5. The second kappa shape index (κ2) is 42.1. The first-order valence-electron chi connectivity index (χ1n) is 25.4. The van der Waals surface area contributed by atoms with Crippen LogP contribution in [0.25, 0.3) is 0 Å². The van der Waals surface area contributed by atoms with Crippen LogP contribution in [0.3, 0.4) is 0 Å². The van der Waals surface area contributed by atoms with Crippen molar-refractivity contribution in [1.29, 1.82) is 0 Å². The van der Waals surface area contributed by atoms with Crippen LogP contribution in [0.5, 0.6) is 0 Å². The number of nitrogens with one attached hydrogen (secondary N) is 1. The summed E-state index contributed by atoms with van der Waals surface area (Å²) in [5.74, 6) is -0.204. The van der Waals surface area contributed by atoms with Crippen molar-refractivity contribution in [3.8, 4) is 0 Å². The number of hydrogen-bond acceptors (Lipinski definition) is 8. The minimum absolute atomic E-state index is 0.204. The van der Waals surface area contributed by atoms with Crippen LogP contribution < -0.4 is 5.32 Å². The molecule has 0 bridgehead atoms. The van der Waals surface area contributed by atoms with Gasteiger partial charge in [0.15, 0.2) is 6.29 Å². The van der Waals surface area contributed by atoms with Gasteiger partial charge in [0.25, 0.3) is 0 Å². The molecule has 61 heavy (non-hydrogen) atoms. The van der Waals surface area contributed by atoms with Crippen molar-refractivity contribution in [3.63, 3.8) is 0 Å². The van der Waals surface area contributed by atoms with E-state index in [4.69, 9.17) is 9.47 Å². The van der Waals surface area contributed by atoms with Crippen LogP contribution >= 0.6 is 0 Å². The van der Waals surface area contributed by atoms with E-state index in [1.165, 1.54) is 128 Å². The summed E-state index contributed by atoms with van der Waals surface area (Å²) in [6, 6.07) is -0.831. The molecule has 7 atom stereocenters. The van der Waals surface area contributed by atoms with E-state index in [2.05, 4.69) is 55.6 Å². The molecule has 0 aliphatic carbocycles. The van der Waals surface area contributed by atoms with E-state index >= 15 is 0 Å². The fraction of sp³-hybridized carbons (Fsp3) is 0.827. The summed E-state index contributed by atoms with van der Waals surface area (Å²) in [6.07, 6.45) is 47.7. The van der Waals surface area contributed by atoms with Crippen LogP contribution in [-0.2, 0) is 14.3 Å². The predicted molar refractivity (Wildman–Crippen MR) is 253 cm³/mol. The Labute approximate surface area is 373 Å². The molecule has 0 aromatic rings. The van der Waals surface area contributed by atoms with Crippen LogP contribution in [0.4, 0.5) is 0 Å². The third-order valence-electron chi connectivity index (χ3n) is 11.8. The third-order valence-corrected chi connectivity index (χ3v) is 11.8. The summed E-state index contributed by atoms with van der Waals surface area (Å²) in [7, 11) is 0. The molecule has 1 aliphatic heterocycles. The number of aliphatic hydroxyl groups excluding tert-OH is 5. The molecule has 7 unspecified atom stereocenters. The standard InChI is InChI=1S/C52H95NO8/c1-3-5-7-9-11-13-15-16-17-18-19-20-21-22-23-24-25-26-27-28-29-30-31-32-33-35-37-39-41-46(55)45(44-60-52-51(59)50(58)49(57)47(43-54)61-52)53-48(56)42-40-38-36-34-14-12-10-8-6-4-2/h8,10,28-29,32-33,39,41,45-47,49-52,54-55,57-59H,3-7,9,11-27,30-31,34-38,40,42-44H2,1-2H3,(H,53,56)/b10-8-,29-28+,33-32+,41-39+. The molecular weight excluding hydrogens is 767 g/mol. The van der Waals surface area contributed by atoms with Crippen LogP contribution in [-0.4, -0.2) is 87.5 Å². The molecule has 1 heterocycles. The SMILES string of the molecule is CCC/C=C\CCCCCCCC(=O)NC(COC1OC(CO)C(O)C(O)C1O)C(O)/C=C/CC/C=C/CC/C=C/CCCCCCCCCCCCCCCCCCCC. The second-order valence-electron chi connectivity index (χ2n) is 17.6. The van der Waals surface area contributed by atoms with Gasteiger partial charge in [-0.25, -0.2) is 0 Å². The Morgan fingerprint density at radius 2 is 0.967 bits per heavy atom. The van der Waals surface area contributed by atoms with Crippen molar-refractivity contribution in [2.75, 3.05) is 13.2 Å². The molecule has 1 amide bonds. The molecule has 0 spiro atoms. The molecule has 1 saturated heterocycles. The average molecular weight is 862 g/mol. The van der Waals surface area contributed by atoms with Gasteiger partial charge in [0.05, 0.1) is 25.4 Å². The fourth-order valence-corrected chi connectivity index (χ4v) is 7.78. The van der Waals surface area contributed by atoms with Crippen molar-refractivity contribution < 1.29 is 39.8 Å². The predicted octanol–water partition coefficient (Wildman–Crippen LogP) is 11.4. The molecule has 6 N–H and O–H groups in total. The zero-order valence-corrected chi connectivity index (χ0v) is 39.2. The lowest BCUT2D eigenvalue weighted by Crippen LogP contribution is -2.60. The van der Waals surface area contributed by atoms with E-state index in [-0.39, 0.29) is 12.5 Å². The Balaban J connectivity index is 2.25. The fourth-order valence-electron chi connectivity index (χ4n) is 7.78. The van der Waals surface area contributed by atoms with Crippen LogP contribution in [0, 0.1) is 0 Å². The molecule has 1 aliphatic rings. The Morgan fingerprint density at radius 3 is 1.44 bits per heavy atom. The van der Waals surface area contributed by atoms with Crippen molar-refractivity contribution in [2.24, 2.45) is 0 Å². The van der Waals surface area contributed by atoms with Crippen molar-refractivity contribution in [2.45, 2.75) is 262 Å². The highest BCUT2D eigenvalue weighted by Gasteiger charge is 2.44. The van der Waals surface area contributed by atoms with Gasteiger partial charge in [-0.05, 0) is 64.2 Å². The molecular formula is C52H95NO8. The van der Waals surface area contributed by atoms with Crippen molar-refractivity contribution in [3.05, 3.63) is 48.6 Å². The first kappa shape index (κ1) is 57.2. The van der Waals surface area contributed by atoms with Crippen molar-refractivity contribution >= 4 is 5.91 Å². The first-order valence-corrected chi connectivity index (χ1v) is 25.4. The highest BCUT2D eigenvalue weighted by atomic mass is 16.7. The van der Waals surface area contributed by atoms with Gasteiger partial charge in [0.1, 0.15) is 24.4 Å². The molecule has 0 aromatic carbocycles. The van der Waals surface area contributed by atoms with E-state index in [0.717, 1.165) is 70.6 Å². The first-order chi connectivity index (χ1) is 29.8. The number of carbonyl (C=O) groups is 1. The monoisotopic (exact) mass is 862 g/mol. The largest absolute Gasteiger partial charge is 0.394 e. The molecule has 0 saturated carbocycles. The molecule has 356 valence electrons. The maximum atomic E-state index is 12.9. The number of unbranched alkanes of at least 4 members (excludes halogenated alkanes) is 26. The van der Waals surface area contributed by atoms with Gasteiger partial charge in [0.2, 0.25) is 5.91 Å². The Bertz CT molecular complexity index is 1090. The van der Waals surface area contributed by atoms with E-state index in [9.17, 15) is 30.3 Å². The normalized spacial score (nSPS) is 20.8. The van der Waals surface area contributed by atoms with Crippen molar-refractivity contribution in [1.82, 2.24) is 5.32 Å². The molecule has 1 fully saturated rings. The second-order valence-corrected chi connectivity index (χ2v) is 17.6. The molecule has 9 heteroatoms. The van der Waals surface area contributed by atoms with E-state index < -0.39 is 49.5 Å². The highest BCUT2D eigenvalue weighted by molar-refractivity contribution is 5.76. The number of ether oxygens (including phenoxy) is 2. The summed E-state index contributed by atoms with van der Waals surface area (Å²) < 4.78 is 11.2. The van der Waals surface area contributed by atoms with Crippen LogP contribution in [0.2, 0.25) is 0 Å². The Hall–Kier alpha value is -1.85. The molecule has 0 radical (unpaired) electrons. The lowest BCUT2D eigenvalue weighted by molar-refractivity contribution is -0.302. The summed E-state index contributed by atoms with van der Waals surface area (Å²) in [5.41, 5.74) is 0. The highest BCUT2D eigenvalue weighted by Crippen LogP contribution is 2.23. The number of amides is 1. The minimum Gasteiger partial charge on any atom is -0.394 e. The van der Waals surface area contributed by atoms with Gasteiger partial charge in [-0.1, -0.05) is 197 Å². The number of carbonyl (C=O) groups excluding carboxylic acids is 1. The zero-order valence-electron chi connectivity index (χ0n) is 39.2. The van der Waals surface area contributed by atoms with Gasteiger partial charge >= 0.3 is 0 Å². The summed E-state index contributed by atoms with van der Waals surface area (Å²) in [4.78, 5) is 12.9. The number of hydrogen-bond donors (Lipinski definition) is 6. The molecule has 0 aromatic heterocycles. The van der Waals surface area contributed by atoms with Gasteiger partial charge in [-0.15, -0.1) is 0 Å². The van der Waals surface area contributed by atoms with E-state index in [1.54, 1.807) is 6.08 Å². The third kappa shape index (κ3) is 32.5. The smallest absolute Gasteiger partial charge is 0.220 e. The van der Waals surface area contributed by atoms with Gasteiger partial charge in [0, 0.05) is 6.42 Å². The van der Waals surface area contributed by atoms with Gasteiger partial charge < -0.3 is 40.3 Å². The summed E-state index contributed by atoms with van der Waals surface area (Å²) in [5, 5.41) is 54.1. The van der Waals surface area contributed by atoms with Crippen LogP contribution in [0.15, 0.2) is 48.6 Å². The molecule has 9 nitrogen and oxygen atoms in total. The number of allylic oxidation sites excluding steroid dienone is 7. The number of aliphatic hydroxyl groups is 5. The van der Waals surface area contributed by atoms with Gasteiger partial charge in [-0.2, -0.15) is 0 Å². The quantitative estimate of drug-likeness (QED) is 0.0262. The minimum atomic E-state index is -1.58. The van der Waals surface area contributed by atoms with E-state index in [0.29, 0.717) is 6.42 Å². The topological polar surface area (TPSA) is 149 Å². The van der Waals surface area contributed by atoms with E-state index in [1.807, 2.05) is 6.08 Å². The maximum Gasteiger partial charge on any atom is 0.220 e. The van der Waals surface area contributed by atoms with Gasteiger partial charge in [-0.3, -0.25) is 4.79 Å². The lowest BCUT2D eigenvalue weighted by Gasteiger charge is -2.40. The number of rotatable bonds is 42. The zero-order chi connectivity index (χ0) is 44.4. The lowest BCUT2D eigenvalue weighted by atomic mass is 9.99. The summed E-state index contributed by atoms with van der Waals surface area (Å²) >= 11 is 0.